The number of nitrogens with zero attached hydrogens (tertiary/aromatic N) is 1. The minimum atomic E-state index is -0.136. The molecule has 0 aliphatic carbocycles. The van der Waals surface area contributed by atoms with Crippen LogP contribution in [-0.2, 0) is 4.79 Å². The van der Waals surface area contributed by atoms with Gasteiger partial charge in [0.25, 0.3) is 0 Å². The van der Waals surface area contributed by atoms with Gasteiger partial charge in [0.05, 0.1) is 5.92 Å². The second-order valence-electron chi connectivity index (χ2n) is 3.76. The van der Waals surface area contributed by atoms with Crippen molar-refractivity contribution in [2.24, 2.45) is 0 Å². The topological polar surface area (TPSA) is 54.0 Å². The minimum Gasteiger partial charge on any atom is -0.356 e. The first kappa shape index (κ1) is 12.6. The molecule has 88 valence electrons. The third-order valence-corrected chi connectivity index (χ3v) is 2.48. The fraction of sp³-hybridized carbons (Fsp3) is 0.500. The van der Waals surface area contributed by atoms with Crippen LogP contribution in [0.2, 0.25) is 0 Å². The highest BCUT2D eigenvalue weighted by Crippen LogP contribution is 2.12. The predicted octanol–water partition coefficient (Wildman–Crippen LogP) is 0.911. The van der Waals surface area contributed by atoms with E-state index in [0.29, 0.717) is 6.54 Å². The maximum absolute atomic E-state index is 11.7. The molecule has 1 unspecified atom stereocenters. The lowest BCUT2D eigenvalue weighted by Crippen LogP contribution is -2.30. The average Bonchev–Trinajstić information content (AvgIpc) is 2.34. The molecule has 0 aliphatic rings. The molecule has 16 heavy (non-hydrogen) atoms. The van der Waals surface area contributed by atoms with Crippen molar-refractivity contribution in [1.82, 2.24) is 15.6 Å². The lowest BCUT2D eigenvalue weighted by atomic mass is 10.0. The van der Waals surface area contributed by atoms with Gasteiger partial charge in [0.1, 0.15) is 0 Å². The number of amides is 1. The molecule has 4 heteroatoms. The molecule has 0 spiro atoms. The number of nitrogens with one attached hydrogen (secondary N) is 2. The van der Waals surface area contributed by atoms with Gasteiger partial charge in [0.2, 0.25) is 5.91 Å². The lowest BCUT2D eigenvalue weighted by Gasteiger charge is -2.11. The largest absolute Gasteiger partial charge is 0.356 e. The average molecular weight is 221 g/mol. The SMILES string of the molecule is CNCCCNC(=O)C(C)c1cccnc1. The Balaban J connectivity index is 2.37. The lowest BCUT2D eigenvalue weighted by molar-refractivity contribution is -0.122. The summed E-state index contributed by atoms with van der Waals surface area (Å²) in [4.78, 5) is 15.8. The van der Waals surface area contributed by atoms with Crippen molar-refractivity contribution in [2.45, 2.75) is 19.3 Å². The fourth-order valence-electron chi connectivity index (χ4n) is 1.41. The Hall–Kier alpha value is -1.42. The summed E-state index contributed by atoms with van der Waals surface area (Å²) in [6.45, 7) is 3.52. The highest BCUT2D eigenvalue weighted by atomic mass is 16.1. The van der Waals surface area contributed by atoms with Crippen LogP contribution in [0.5, 0.6) is 0 Å². The second kappa shape index (κ2) is 6.95. The summed E-state index contributed by atoms with van der Waals surface area (Å²) in [6, 6.07) is 3.77. The summed E-state index contributed by atoms with van der Waals surface area (Å²) in [5.41, 5.74) is 0.952. The Kier molecular flexibility index (Phi) is 5.50. The molecule has 1 atom stereocenters. The molecule has 1 aromatic heterocycles. The van der Waals surface area contributed by atoms with Crippen LogP contribution in [0.3, 0.4) is 0 Å². The van der Waals surface area contributed by atoms with E-state index in [4.69, 9.17) is 0 Å². The van der Waals surface area contributed by atoms with Gasteiger partial charge < -0.3 is 10.6 Å². The standard InChI is InChI=1S/C12H19N3O/c1-10(11-5-3-7-14-9-11)12(16)15-8-4-6-13-2/h3,5,7,9-10,13H,4,6,8H2,1-2H3,(H,15,16). The maximum Gasteiger partial charge on any atom is 0.227 e. The van der Waals surface area contributed by atoms with Gasteiger partial charge in [-0.1, -0.05) is 6.07 Å². The van der Waals surface area contributed by atoms with Gasteiger partial charge in [0.15, 0.2) is 0 Å². The van der Waals surface area contributed by atoms with Crippen LogP contribution in [0.1, 0.15) is 24.8 Å². The molecule has 4 nitrogen and oxygen atoms in total. The van der Waals surface area contributed by atoms with E-state index in [2.05, 4.69) is 15.6 Å². The van der Waals surface area contributed by atoms with Gasteiger partial charge in [0, 0.05) is 18.9 Å². The van der Waals surface area contributed by atoms with Crippen molar-refractivity contribution in [2.75, 3.05) is 20.1 Å². The van der Waals surface area contributed by atoms with Crippen molar-refractivity contribution < 1.29 is 4.79 Å². The van der Waals surface area contributed by atoms with E-state index >= 15 is 0 Å². The van der Waals surface area contributed by atoms with E-state index in [1.807, 2.05) is 26.1 Å². The summed E-state index contributed by atoms with van der Waals surface area (Å²) in [5.74, 6) is -0.0765. The first-order valence-electron chi connectivity index (χ1n) is 5.58. The zero-order valence-electron chi connectivity index (χ0n) is 9.86. The number of rotatable bonds is 6. The molecular weight excluding hydrogens is 202 g/mol. The zero-order valence-corrected chi connectivity index (χ0v) is 9.86. The molecule has 0 radical (unpaired) electrons. The normalized spacial score (nSPS) is 12.1. The van der Waals surface area contributed by atoms with Gasteiger partial charge in [-0.25, -0.2) is 0 Å². The number of carbonyl (C=O) groups is 1. The van der Waals surface area contributed by atoms with Crippen LogP contribution >= 0.6 is 0 Å². The molecule has 0 fully saturated rings. The first-order chi connectivity index (χ1) is 7.75. The van der Waals surface area contributed by atoms with E-state index in [0.717, 1.165) is 18.5 Å². The van der Waals surface area contributed by atoms with Crippen molar-refractivity contribution in [3.05, 3.63) is 30.1 Å². The van der Waals surface area contributed by atoms with E-state index < -0.39 is 0 Å². The molecule has 0 saturated heterocycles. The van der Waals surface area contributed by atoms with Crippen LogP contribution < -0.4 is 10.6 Å². The monoisotopic (exact) mass is 221 g/mol. The molecule has 1 amide bonds. The van der Waals surface area contributed by atoms with E-state index in [-0.39, 0.29) is 11.8 Å². The summed E-state index contributed by atoms with van der Waals surface area (Å²) in [7, 11) is 1.90. The number of aromatic nitrogens is 1. The van der Waals surface area contributed by atoms with Crippen LogP contribution in [-0.4, -0.2) is 31.0 Å². The molecule has 0 aliphatic heterocycles. The molecular formula is C12H19N3O. The third-order valence-electron chi connectivity index (χ3n) is 2.48. The molecule has 1 heterocycles. The van der Waals surface area contributed by atoms with Crippen LogP contribution in [0, 0.1) is 0 Å². The number of hydrogen-bond donors (Lipinski definition) is 2. The van der Waals surface area contributed by atoms with Crippen LogP contribution in [0.4, 0.5) is 0 Å². The number of hydrogen-bond acceptors (Lipinski definition) is 3. The van der Waals surface area contributed by atoms with Gasteiger partial charge in [-0.2, -0.15) is 0 Å². The predicted molar refractivity (Wildman–Crippen MR) is 64.2 cm³/mol. The smallest absolute Gasteiger partial charge is 0.227 e. The number of pyridine rings is 1. The minimum absolute atomic E-state index is 0.0594. The Bertz CT molecular complexity index is 313. The Labute approximate surface area is 96.5 Å². The highest BCUT2D eigenvalue weighted by Gasteiger charge is 2.13. The van der Waals surface area contributed by atoms with E-state index in [1.54, 1.807) is 12.4 Å². The third kappa shape index (κ3) is 3.98. The Morgan fingerprint density at radius 2 is 2.31 bits per heavy atom. The Morgan fingerprint density at radius 3 is 2.94 bits per heavy atom. The van der Waals surface area contributed by atoms with E-state index in [9.17, 15) is 4.79 Å². The second-order valence-corrected chi connectivity index (χ2v) is 3.76. The highest BCUT2D eigenvalue weighted by molar-refractivity contribution is 5.82. The van der Waals surface area contributed by atoms with Crippen molar-refractivity contribution in [1.29, 1.82) is 0 Å². The molecule has 2 N–H and O–H groups in total. The van der Waals surface area contributed by atoms with Crippen molar-refractivity contribution in [3.63, 3.8) is 0 Å². The quantitative estimate of drug-likeness (QED) is 0.702. The number of carbonyl (C=O) groups excluding carboxylic acids is 1. The first-order valence-corrected chi connectivity index (χ1v) is 5.58. The molecule has 1 aromatic rings. The maximum atomic E-state index is 11.7. The molecule has 0 bridgehead atoms. The van der Waals surface area contributed by atoms with Crippen molar-refractivity contribution in [3.8, 4) is 0 Å². The zero-order chi connectivity index (χ0) is 11.8. The van der Waals surface area contributed by atoms with Gasteiger partial charge in [-0.15, -0.1) is 0 Å². The molecule has 0 aromatic carbocycles. The molecule has 1 rings (SSSR count). The summed E-state index contributed by atoms with van der Waals surface area (Å²) < 4.78 is 0. The Morgan fingerprint density at radius 1 is 1.50 bits per heavy atom. The van der Waals surface area contributed by atoms with E-state index in [1.165, 1.54) is 0 Å². The van der Waals surface area contributed by atoms with Gasteiger partial charge in [-0.05, 0) is 38.6 Å². The fourth-order valence-corrected chi connectivity index (χ4v) is 1.41. The summed E-state index contributed by atoms with van der Waals surface area (Å²) in [6.07, 6.45) is 4.39. The van der Waals surface area contributed by atoms with Crippen molar-refractivity contribution >= 4 is 5.91 Å². The summed E-state index contributed by atoms with van der Waals surface area (Å²) in [5, 5.41) is 5.95. The summed E-state index contributed by atoms with van der Waals surface area (Å²) >= 11 is 0. The van der Waals surface area contributed by atoms with Crippen LogP contribution in [0.15, 0.2) is 24.5 Å². The van der Waals surface area contributed by atoms with Gasteiger partial charge in [-0.3, -0.25) is 9.78 Å². The van der Waals surface area contributed by atoms with Crippen LogP contribution in [0.25, 0.3) is 0 Å². The molecule has 0 saturated carbocycles. The van der Waals surface area contributed by atoms with Gasteiger partial charge >= 0.3 is 0 Å².